The second-order valence-corrected chi connectivity index (χ2v) is 6.39. The summed E-state index contributed by atoms with van der Waals surface area (Å²) in [4.78, 5) is -0.306. The van der Waals surface area contributed by atoms with E-state index >= 15 is 0 Å². The zero-order valence-corrected chi connectivity index (χ0v) is 12.3. The van der Waals surface area contributed by atoms with Gasteiger partial charge in [0, 0.05) is 10.1 Å². The molecule has 0 radical (unpaired) electrons. The monoisotopic (exact) mass is 407 g/mol. The molecule has 0 atom stereocenters. The van der Waals surface area contributed by atoms with Crippen LogP contribution in [0.5, 0.6) is 0 Å². The fourth-order valence-corrected chi connectivity index (χ4v) is 3.96. The van der Waals surface area contributed by atoms with Gasteiger partial charge in [-0.05, 0) is 50.7 Å². The molecule has 15 heavy (non-hydrogen) atoms. The van der Waals surface area contributed by atoms with Gasteiger partial charge in [0.05, 0.1) is 4.47 Å². The SMILES string of the molecule is CCNS(=O)(=O)c1c(I)ccc(Br)c1F. The molecular weight excluding hydrogens is 400 g/mol. The first-order chi connectivity index (χ1) is 6.90. The number of benzene rings is 1. The molecule has 0 aliphatic rings. The molecule has 0 aliphatic heterocycles. The van der Waals surface area contributed by atoms with Gasteiger partial charge in [-0.2, -0.15) is 0 Å². The molecule has 0 spiro atoms. The summed E-state index contributed by atoms with van der Waals surface area (Å²) in [5.41, 5.74) is 0. The van der Waals surface area contributed by atoms with E-state index in [4.69, 9.17) is 0 Å². The fraction of sp³-hybridized carbons (Fsp3) is 0.250. The Bertz CT molecular complexity index is 478. The topological polar surface area (TPSA) is 46.2 Å². The molecule has 1 N–H and O–H groups in total. The second-order valence-electron chi connectivity index (χ2n) is 2.67. The smallest absolute Gasteiger partial charge is 0.211 e. The Balaban J connectivity index is 3.43. The van der Waals surface area contributed by atoms with Crippen LogP contribution in [0.2, 0.25) is 0 Å². The van der Waals surface area contributed by atoms with Crippen LogP contribution in [0.3, 0.4) is 0 Å². The highest BCUT2D eigenvalue weighted by Gasteiger charge is 2.23. The van der Waals surface area contributed by atoms with Crippen LogP contribution >= 0.6 is 38.5 Å². The Morgan fingerprint density at radius 2 is 2.13 bits per heavy atom. The van der Waals surface area contributed by atoms with Crippen molar-refractivity contribution in [2.24, 2.45) is 0 Å². The largest absolute Gasteiger partial charge is 0.244 e. The van der Waals surface area contributed by atoms with Crippen LogP contribution in [-0.2, 0) is 10.0 Å². The van der Waals surface area contributed by atoms with Crippen LogP contribution in [-0.4, -0.2) is 15.0 Å². The van der Waals surface area contributed by atoms with Crippen molar-refractivity contribution in [2.45, 2.75) is 11.8 Å². The summed E-state index contributed by atoms with van der Waals surface area (Å²) < 4.78 is 39.7. The zero-order valence-electron chi connectivity index (χ0n) is 7.72. The number of hydrogen-bond donors (Lipinski definition) is 1. The second kappa shape index (κ2) is 5.07. The summed E-state index contributed by atoms with van der Waals surface area (Å²) in [7, 11) is -3.76. The first-order valence-electron chi connectivity index (χ1n) is 4.03. The average Bonchev–Trinajstić information content (AvgIpc) is 2.11. The summed E-state index contributed by atoms with van der Waals surface area (Å²) in [6, 6.07) is 3.01. The van der Waals surface area contributed by atoms with Crippen molar-refractivity contribution < 1.29 is 12.8 Å². The molecule has 3 nitrogen and oxygen atoms in total. The molecule has 0 saturated heterocycles. The van der Waals surface area contributed by atoms with Crippen LogP contribution in [0.25, 0.3) is 0 Å². The quantitative estimate of drug-likeness (QED) is 0.618. The molecule has 0 amide bonds. The number of sulfonamides is 1. The van der Waals surface area contributed by atoms with Gasteiger partial charge in [-0.15, -0.1) is 0 Å². The molecule has 84 valence electrons. The highest BCUT2D eigenvalue weighted by atomic mass is 127. The fourth-order valence-electron chi connectivity index (χ4n) is 1.02. The third-order valence-corrected chi connectivity index (χ3v) is 5.09. The van der Waals surface area contributed by atoms with Crippen LogP contribution in [0.4, 0.5) is 4.39 Å². The van der Waals surface area contributed by atoms with Gasteiger partial charge >= 0.3 is 0 Å². The number of hydrogen-bond acceptors (Lipinski definition) is 2. The Hall–Kier alpha value is 0.270. The van der Waals surface area contributed by atoms with Crippen molar-refractivity contribution in [1.29, 1.82) is 0 Å². The molecule has 0 unspecified atom stereocenters. The molecule has 1 aromatic carbocycles. The van der Waals surface area contributed by atoms with E-state index in [2.05, 4.69) is 20.7 Å². The van der Waals surface area contributed by atoms with Gasteiger partial charge in [-0.25, -0.2) is 17.5 Å². The van der Waals surface area contributed by atoms with E-state index in [0.717, 1.165) is 0 Å². The van der Waals surface area contributed by atoms with E-state index in [1.165, 1.54) is 12.1 Å². The molecule has 0 aromatic heterocycles. The highest BCUT2D eigenvalue weighted by molar-refractivity contribution is 14.1. The molecule has 0 bridgehead atoms. The van der Waals surface area contributed by atoms with Crippen LogP contribution in [0.1, 0.15) is 6.92 Å². The predicted octanol–water partition coefficient (Wildman–Crippen LogP) is 2.49. The van der Waals surface area contributed by atoms with Gasteiger partial charge in [-0.1, -0.05) is 6.92 Å². The lowest BCUT2D eigenvalue weighted by atomic mass is 10.3. The summed E-state index contributed by atoms with van der Waals surface area (Å²) in [6.45, 7) is 1.87. The van der Waals surface area contributed by atoms with E-state index in [1.54, 1.807) is 29.5 Å². The molecule has 0 saturated carbocycles. The van der Waals surface area contributed by atoms with E-state index in [1.807, 2.05) is 0 Å². The van der Waals surface area contributed by atoms with Crippen molar-refractivity contribution >= 4 is 48.5 Å². The predicted molar refractivity (Wildman–Crippen MR) is 67.7 cm³/mol. The average molecular weight is 408 g/mol. The van der Waals surface area contributed by atoms with Gasteiger partial charge < -0.3 is 0 Å². The van der Waals surface area contributed by atoms with Crippen LogP contribution in [0, 0.1) is 9.39 Å². The normalized spacial score (nSPS) is 11.7. The molecule has 0 heterocycles. The zero-order chi connectivity index (χ0) is 11.6. The number of nitrogens with one attached hydrogen (secondary N) is 1. The van der Waals surface area contributed by atoms with E-state index in [9.17, 15) is 12.8 Å². The molecule has 1 aromatic rings. The Morgan fingerprint density at radius 1 is 1.53 bits per heavy atom. The maximum Gasteiger partial charge on any atom is 0.244 e. The van der Waals surface area contributed by atoms with Gasteiger partial charge in [-0.3, -0.25) is 0 Å². The molecular formula is C8H8BrFINO2S. The molecule has 7 heteroatoms. The first-order valence-corrected chi connectivity index (χ1v) is 7.38. The Kier molecular flexibility index (Phi) is 4.50. The summed E-state index contributed by atoms with van der Waals surface area (Å²) in [5.74, 6) is -0.761. The molecule has 0 aliphatic carbocycles. The first kappa shape index (κ1) is 13.3. The molecule has 1 rings (SSSR count). The lowest BCUT2D eigenvalue weighted by Crippen LogP contribution is -2.25. The van der Waals surface area contributed by atoms with E-state index < -0.39 is 15.8 Å². The van der Waals surface area contributed by atoms with Gasteiger partial charge in [0.2, 0.25) is 10.0 Å². The van der Waals surface area contributed by atoms with Crippen molar-refractivity contribution in [2.75, 3.05) is 6.54 Å². The summed E-state index contributed by atoms with van der Waals surface area (Å²) in [6.07, 6.45) is 0. The third-order valence-electron chi connectivity index (χ3n) is 1.61. The van der Waals surface area contributed by atoms with Crippen molar-refractivity contribution in [3.05, 3.63) is 26.0 Å². The Labute approximate surface area is 110 Å². The van der Waals surface area contributed by atoms with Crippen LogP contribution in [0.15, 0.2) is 21.5 Å². The lowest BCUT2D eigenvalue weighted by molar-refractivity contribution is 0.553. The lowest BCUT2D eigenvalue weighted by Gasteiger charge is -2.08. The minimum Gasteiger partial charge on any atom is -0.211 e. The van der Waals surface area contributed by atoms with Crippen LogP contribution < -0.4 is 4.72 Å². The van der Waals surface area contributed by atoms with E-state index in [-0.39, 0.29) is 15.9 Å². The van der Waals surface area contributed by atoms with Gasteiger partial charge in [0.1, 0.15) is 4.90 Å². The standard InChI is InChI=1S/C8H8BrFINO2S/c1-2-12-15(13,14)8-6(11)4-3-5(9)7(8)10/h3-4,12H,2H2,1H3. The molecule has 0 fully saturated rings. The summed E-state index contributed by atoms with van der Waals surface area (Å²) >= 11 is 4.74. The van der Waals surface area contributed by atoms with Crippen molar-refractivity contribution in [3.8, 4) is 0 Å². The van der Waals surface area contributed by atoms with E-state index in [0.29, 0.717) is 3.57 Å². The maximum absolute atomic E-state index is 13.6. The Morgan fingerprint density at radius 3 is 2.67 bits per heavy atom. The van der Waals surface area contributed by atoms with Gasteiger partial charge in [0.15, 0.2) is 5.82 Å². The summed E-state index contributed by atoms with van der Waals surface area (Å²) in [5, 5.41) is 0. The maximum atomic E-state index is 13.6. The number of halogens is 3. The van der Waals surface area contributed by atoms with Crippen molar-refractivity contribution in [3.63, 3.8) is 0 Å². The minimum atomic E-state index is -3.76. The highest BCUT2D eigenvalue weighted by Crippen LogP contribution is 2.27. The minimum absolute atomic E-state index is 0.138. The van der Waals surface area contributed by atoms with Crippen molar-refractivity contribution in [1.82, 2.24) is 4.72 Å². The number of rotatable bonds is 3. The van der Waals surface area contributed by atoms with Gasteiger partial charge in [0.25, 0.3) is 0 Å². The third kappa shape index (κ3) is 2.89.